The molecule has 0 aliphatic carbocycles. The standard InChI is InChI=1S/C32H29NO5/c1-32(2,3)38-31(36)33-27(30(34)35)19-20-11-13-21(14-12-20)22-15-17-23(18-16-22)24-8-6-9-26-25-7-4-5-10-28(25)37-29(24)26/h4-18,27H,19H2,1-3H3,(H,33,36)(H,34,35). The van der Waals surface area contributed by atoms with Gasteiger partial charge in [-0.15, -0.1) is 0 Å². The van der Waals surface area contributed by atoms with Crippen molar-refractivity contribution in [2.75, 3.05) is 0 Å². The molecule has 1 unspecified atom stereocenters. The first-order valence-corrected chi connectivity index (χ1v) is 12.5. The summed E-state index contributed by atoms with van der Waals surface area (Å²) in [5.74, 6) is -1.12. The van der Waals surface area contributed by atoms with Crippen molar-refractivity contribution in [2.24, 2.45) is 0 Å². The molecule has 6 nitrogen and oxygen atoms in total. The van der Waals surface area contributed by atoms with Crippen molar-refractivity contribution in [2.45, 2.75) is 38.8 Å². The Balaban J connectivity index is 1.32. The van der Waals surface area contributed by atoms with Gasteiger partial charge in [0.05, 0.1) is 0 Å². The van der Waals surface area contributed by atoms with E-state index in [2.05, 4.69) is 47.8 Å². The van der Waals surface area contributed by atoms with Crippen LogP contribution >= 0.6 is 0 Å². The molecule has 0 spiro atoms. The number of fused-ring (bicyclic) bond motifs is 3. The van der Waals surface area contributed by atoms with Gasteiger partial charge >= 0.3 is 12.1 Å². The van der Waals surface area contributed by atoms with Gasteiger partial charge in [0, 0.05) is 22.8 Å². The maximum atomic E-state index is 12.0. The van der Waals surface area contributed by atoms with Crippen LogP contribution in [0.25, 0.3) is 44.2 Å². The molecule has 192 valence electrons. The van der Waals surface area contributed by atoms with E-state index in [0.29, 0.717) is 0 Å². The third-order valence-electron chi connectivity index (χ3n) is 6.32. The molecule has 5 aromatic rings. The van der Waals surface area contributed by atoms with Gasteiger partial charge in [0.1, 0.15) is 22.8 Å². The minimum Gasteiger partial charge on any atom is -0.480 e. The van der Waals surface area contributed by atoms with Crippen LogP contribution in [-0.4, -0.2) is 28.8 Å². The second kappa shape index (κ2) is 10.1. The highest BCUT2D eigenvalue weighted by molar-refractivity contribution is 6.09. The Morgan fingerprint density at radius 1 is 0.816 bits per heavy atom. The van der Waals surface area contributed by atoms with Crippen LogP contribution in [0, 0.1) is 0 Å². The Labute approximate surface area is 220 Å². The summed E-state index contributed by atoms with van der Waals surface area (Å²) in [5.41, 5.74) is 5.99. The maximum Gasteiger partial charge on any atom is 0.408 e. The average Bonchev–Trinajstić information content (AvgIpc) is 3.27. The Hall–Kier alpha value is -4.58. The van der Waals surface area contributed by atoms with E-state index in [4.69, 9.17) is 9.15 Å². The lowest BCUT2D eigenvalue weighted by atomic mass is 9.97. The van der Waals surface area contributed by atoms with Crippen molar-refractivity contribution in [3.8, 4) is 22.3 Å². The molecule has 0 saturated carbocycles. The first-order valence-electron chi connectivity index (χ1n) is 12.5. The van der Waals surface area contributed by atoms with E-state index in [1.54, 1.807) is 20.8 Å². The smallest absolute Gasteiger partial charge is 0.408 e. The fourth-order valence-electron chi connectivity index (χ4n) is 4.54. The molecule has 5 rings (SSSR count). The second-order valence-electron chi connectivity index (χ2n) is 10.3. The third-order valence-corrected chi connectivity index (χ3v) is 6.32. The molecule has 1 amide bonds. The number of ether oxygens (including phenoxy) is 1. The predicted octanol–water partition coefficient (Wildman–Crippen LogP) is 7.44. The number of hydrogen-bond acceptors (Lipinski definition) is 4. The minimum atomic E-state index is -1.12. The van der Waals surface area contributed by atoms with Crippen LogP contribution in [0.2, 0.25) is 0 Å². The lowest BCUT2D eigenvalue weighted by molar-refractivity contribution is -0.139. The molecule has 1 heterocycles. The molecule has 2 N–H and O–H groups in total. The van der Waals surface area contributed by atoms with Crippen molar-refractivity contribution < 1.29 is 23.8 Å². The molecule has 1 aromatic heterocycles. The van der Waals surface area contributed by atoms with Crippen molar-refractivity contribution in [1.82, 2.24) is 5.32 Å². The van der Waals surface area contributed by atoms with Crippen molar-refractivity contribution >= 4 is 34.0 Å². The van der Waals surface area contributed by atoms with Crippen molar-refractivity contribution in [1.29, 1.82) is 0 Å². The molecular formula is C32H29NO5. The van der Waals surface area contributed by atoms with Gasteiger partial charge in [-0.1, -0.05) is 84.9 Å². The van der Waals surface area contributed by atoms with E-state index >= 15 is 0 Å². The Morgan fingerprint density at radius 3 is 2.08 bits per heavy atom. The second-order valence-corrected chi connectivity index (χ2v) is 10.3. The first kappa shape index (κ1) is 25.1. The van der Waals surface area contributed by atoms with Crippen LogP contribution in [-0.2, 0) is 16.0 Å². The summed E-state index contributed by atoms with van der Waals surface area (Å²) >= 11 is 0. The molecule has 0 radical (unpaired) electrons. The Morgan fingerprint density at radius 2 is 1.42 bits per heavy atom. The van der Waals surface area contributed by atoms with E-state index in [-0.39, 0.29) is 6.42 Å². The molecule has 38 heavy (non-hydrogen) atoms. The molecule has 0 aliphatic heterocycles. The summed E-state index contributed by atoms with van der Waals surface area (Å²) in [6.07, 6.45) is -0.602. The lowest BCUT2D eigenvalue weighted by Crippen LogP contribution is -2.44. The minimum absolute atomic E-state index is 0.148. The number of benzene rings is 4. The summed E-state index contributed by atoms with van der Waals surface area (Å²) in [6, 6.07) is 29.1. The SMILES string of the molecule is CC(C)(C)OC(=O)NC(Cc1ccc(-c2ccc(-c3cccc4c3oc3ccccc34)cc2)cc1)C(=O)O. The summed E-state index contributed by atoms with van der Waals surface area (Å²) in [4.78, 5) is 23.7. The van der Waals surface area contributed by atoms with Crippen LogP contribution in [0.5, 0.6) is 0 Å². The number of nitrogens with one attached hydrogen (secondary N) is 1. The lowest BCUT2D eigenvalue weighted by Gasteiger charge is -2.22. The van der Waals surface area contributed by atoms with Gasteiger partial charge in [-0.05, 0) is 49.1 Å². The molecule has 4 aromatic carbocycles. The normalized spacial score (nSPS) is 12.4. The number of carboxylic acids is 1. The number of para-hydroxylation sites is 2. The fourth-order valence-corrected chi connectivity index (χ4v) is 4.54. The summed E-state index contributed by atoms with van der Waals surface area (Å²) in [6.45, 7) is 5.19. The number of rotatable bonds is 6. The van der Waals surface area contributed by atoms with E-state index in [1.165, 1.54) is 0 Å². The number of alkyl carbamates (subject to hydrolysis) is 1. The number of carboxylic acid groups (broad SMARTS) is 1. The van der Waals surface area contributed by atoms with Crippen LogP contribution in [0.3, 0.4) is 0 Å². The van der Waals surface area contributed by atoms with Crippen molar-refractivity contribution in [3.05, 3.63) is 96.6 Å². The summed E-state index contributed by atoms with van der Waals surface area (Å²) < 4.78 is 11.4. The first-order chi connectivity index (χ1) is 18.2. The van der Waals surface area contributed by atoms with Gasteiger partial charge in [-0.25, -0.2) is 9.59 Å². The quantitative estimate of drug-likeness (QED) is 0.249. The zero-order valence-corrected chi connectivity index (χ0v) is 21.5. The molecule has 0 saturated heterocycles. The van der Waals surface area contributed by atoms with Gasteiger partial charge in [-0.2, -0.15) is 0 Å². The third kappa shape index (κ3) is 5.39. The molecule has 0 fully saturated rings. The van der Waals surface area contributed by atoms with Gasteiger partial charge in [0.2, 0.25) is 0 Å². The van der Waals surface area contributed by atoms with Gasteiger partial charge in [0.15, 0.2) is 0 Å². The largest absolute Gasteiger partial charge is 0.480 e. The Kier molecular flexibility index (Phi) is 6.64. The topological polar surface area (TPSA) is 88.8 Å². The summed E-state index contributed by atoms with van der Waals surface area (Å²) in [5, 5.41) is 14.2. The van der Waals surface area contributed by atoms with Crippen molar-refractivity contribution in [3.63, 3.8) is 0 Å². The highest BCUT2D eigenvalue weighted by Crippen LogP contribution is 2.36. The van der Waals surface area contributed by atoms with Gasteiger partial charge in [-0.3, -0.25) is 0 Å². The number of carbonyl (C=O) groups excluding carboxylic acids is 1. The van der Waals surface area contributed by atoms with E-state index < -0.39 is 23.7 Å². The molecular weight excluding hydrogens is 478 g/mol. The molecule has 0 aliphatic rings. The highest BCUT2D eigenvalue weighted by atomic mass is 16.6. The number of hydrogen-bond donors (Lipinski definition) is 2. The number of furan rings is 1. The van der Waals surface area contributed by atoms with Crippen LogP contribution in [0.4, 0.5) is 4.79 Å². The highest BCUT2D eigenvalue weighted by Gasteiger charge is 2.24. The Bertz CT molecular complexity index is 1610. The van der Waals surface area contributed by atoms with E-state index in [9.17, 15) is 14.7 Å². The summed E-state index contributed by atoms with van der Waals surface area (Å²) in [7, 11) is 0. The molecule has 0 bridgehead atoms. The van der Waals surface area contributed by atoms with E-state index in [0.717, 1.165) is 49.8 Å². The number of amides is 1. The number of aliphatic carboxylic acids is 1. The zero-order chi connectivity index (χ0) is 26.9. The van der Waals surface area contributed by atoms with Crippen LogP contribution < -0.4 is 5.32 Å². The van der Waals surface area contributed by atoms with Gasteiger partial charge < -0.3 is 19.6 Å². The monoisotopic (exact) mass is 507 g/mol. The molecule has 1 atom stereocenters. The maximum absolute atomic E-state index is 12.0. The van der Waals surface area contributed by atoms with Crippen LogP contribution in [0.15, 0.2) is 95.4 Å². The predicted molar refractivity (Wildman–Crippen MR) is 149 cm³/mol. The van der Waals surface area contributed by atoms with Gasteiger partial charge in [0.25, 0.3) is 0 Å². The zero-order valence-electron chi connectivity index (χ0n) is 21.5. The van der Waals surface area contributed by atoms with Crippen LogP contribution in [0.1, 0.15) is 26.3 Å². The fraction of sp³-hybridized carbons (Fsp3) is 0.188. The average molecular weight is 508 g/mol. The molecule has 6 heteroatoms. The van der Waals surface area contributed by atoms with E-state index in [1.807, 2.05) is 48.5 Å². The number of carbonyl (C=O) groups is 2.